The van der Waals surface area contributed by atoms with Gasteiger partial charge in [0.2, 0.25) is 0 Å². The molecule has 0 aliphatic rings. The minimum absolute atomic E-state index is 0.319. The number of benzene rings is 3. The highest BCUT2D eigenvalue weighted by Gasteiger charge is 2.12. The van der Waals surface area contributed by atoms with Crippen LogP contribution < -0.4 is 4.74 Å². The van der Waals surface area contributed by atoms with Crippen LogP contribution in [0.25, 0.3) is 10.8 Å². The Kier molecular flexibility index (Phi) is 3.69. The van der Waals surface area contributed by atoms with Gasteiger partial charge in [-0.2, -0.15) is 0 Å². The third kappa shape index (κ3) is 2.79. The lowest BCUT2D eigenvalue weighted by Gasteiger charge is -2.08. The highest BCUT2D eigenvalue weighted by atomic mass is 16.5. The molecule has 2 nitrogen and oxygen atoms in total. The zero-order valence-electron chi connectivity index (χ0n) is 11.9. The topological polar surface area (TPSA) is 26.3 Å². The number of carbonyl (C=O) groups is 1. The van der Waals surface area contributed by atoms with Gasteiger partial charge in [-0.1, -0.05) is 55.5 Å². The van der Waals surface area contributed by atoms with Gasteiger partial charge in [-0.3, -0.25) is 0 Å². The molecule has 0 aromatic heterocycles. The summed E-state index contributed by atoms with van der Waals surface area (Å²) >= 11 is 0. The van der Waals surface area contributed by atoms with Crippen molar-refractivity contribution in [2.24, 2.45) is 0 Å². The normalized spacial score (nSPS) is 10.5. The van der Waals surface area contributed by atoms with Crippen molar-refractivity contribution in [1.29, 1.82) is 0 Å². The van der Waals surface area contributed by atoms with Crippen molar-refractivity contribution in [2.75, 3.05) is 0 Å². The Bertz CT molecular complexity index is 785. The number of rotatable bonds is 3. The number of hydrogen-bond donors (Lipinski definition) is 0. The average molecular weight is 276 g/mol. The molecule has 0 unspecified atom stereocenters. The van der Waals surface area contributed by atoms with E-state index in [0.717, 1.165) is 22.8 Å². The molecular weight excluding hydrogens is 260 g/mol. The van der Waals surface area contributed by atoms with Gasteiger partial charge in [-0.15, -0.1) is 0 Å². The SMILES string of the molecule is CCc1cccc(OC(=O)c2cccc3ccccc23)c1. The fourth-order valence-corrected chi connectivity index (χ4v) is 2.39. The molecule has 0 aliphatic heterocycles. The Balaban J connectivity index is 1.93. The molecule has 0 heterocycles. The molecule has 21 heavy (non-hydrogen) atoms. The van der Waals surface area contributed by atoms with Crippen molar-refractivity contribution < 1.29 is 9.53 Å². The molecule has 0 bridgehead atoms. The minimum atomic E-state index is -0.319. The first kappa shape index (κ1) is 13.4. The Morgan fingerprint density at radius 2 is 1.71 bits per heavy atom. The summed E-state index contributed by atoms with van der Waals surface area (Å²) in [5, 5.41) is 1.95. The molecule has 0 saturated heterocycles. The van der Waals surface area contributed by atoms with E-state index in [1.807, 2.05) is 60.7 Å². The highest BCUT2D eigenvalue weighted by Crippen LogP contribution is 2.21. The molecule has 104 valence electrons. The maximum absolute atomic E-state index is 12.4. The molecular formula is C19H16O2. The third-order valence-electron chi connectivity index (χ3n) is 3.53. The van der Waals surface area contributed by atoms with Gasteiger partial charge < -0.3 is 4.74 Å². The number of ether oxygens (including phenoxy) is 1. The van der Waals surface area contributed by atoms with Crippen molar-refractivity contribution in [2.45, 2.75) is 13.3 Å². The molecule has 0 fully saturated rings. The fraction of sp³-hybridized carbons (Fsp3) is 0.105. The highest BCUT2D eigenvalue weighted by molar-refractivity contribution is 6.05. The summed E-state index contributed by atoms with van der Waals surface area (Å²) in [5.74, 6) is 0.271. The van der Waals surface area contributed by atoms with E-state index in [1.165, 1.54) is 0 Å². The van der Waals surface area contributed by atoms with Crippen LogP contribution >= 0.6 is 0 Å². The first-order valence-electron chi connectivity index (χ1n) is 7.07. The molecule has 3 aromatic carbocycles. The molecule has 3 aromatic rings. The summed E-state index contributed by atoms with van der Waals surface area (Å²) in [7, 11) is 0. The molecule has 2 heteroatoms. The third-order valence-corrected chi connectivity index (χ3v) is 3.53. The van der Waals surface area contributed by atoms with Gasteiger partial charge in [0.05, 0.1) is 5.56 Å². The van der Waals surface area contributed by atoms with Crippen LogP contribution in [0.15, 0.2) is 66.7 Å². The number of fused-ring (bicyclic) bond motifs is 1. The number of hydrogen-bond acceptors (Lipinski definition) is 2. The standard InChI is InChI=1S/C19H16O2/c1-2-14-7-5-10-16(13-14)21-19(20)18-12-6-9-15-8-3-4-11-17(15)18/h3-13H,2H2,1H3. The van der Waals surface area contributed by atoms with Gasteiger partial charge in [0, 0.05) is 0 Å². The quantitative estimate of drug-likeness (QED) is 0.515. The van der Waals surface area contributed by atoms with Crippen molar-refractivity contribution >= 4 is 16.7 Å². The van der Waals surface area contributed by atoms with Gasteiger partial charge in [0.25, 0.3) is 0 Å². The molecule has 0 saturated carbocycles. The Hall–Kier alpha value is -2.61. The maximum Gasteiger partial charge on any atom is 0.344 e. The summed E-state index contributed by atoms with van der Waals surface area (Å²) in [6.07, 6.45) is 0.916. The lowest BCUT2D eigenvalue weighted by Crippen LogP contribution is -2.09. The lowest BCUT2D eigenvalue weighted by molar-refractivity contribution is 0.0737. The van der Waals surface area contributed by atoms with Crippen molar-refractivity contribution in [1.82, 2.24) is 0 Å². The predicted molar refractivity (Wildman–Crippen MR) is 84.7 cm³/mol. The summed E-state index contributed by atoms with van der Waals surface area (Å²) in [4.78, 5) is 12.4. The van der Waals surface area contributed by atoms with Gasteiger partial charge in [0.1, 0.15) is 5.75 Å². The molecule has 0 spiro atoms. The largest absolute Gasteiger partial charge is 0.423 e. The van der Waals surface area contributed by atoms with Crippen LogP contribution in [0.5, 0.6) is 5.75 Å². The number of carbonyl (C=O) groups excluding carboxylic acids is 1. The van der Waals surface area contributed by atoms with Crippen LogP contribution in [0, 0.1) is 0 Å². The fourth-order valence-electron chi connectivity index (χ4n) is 2.39. The summed E-state index contributed by atoms with van der Waals surface area (Å²) in [5.41, 5.74) is 1.74. The van der Waals surface area contributed by atoms with E-state index in [4.69, 9.17) is 4.74 Å². The van der Waals surface area contributed by atoms with Gasteiger partial charge in [0.15, 0.2) is 0 Å². The van der Waals surface area contributed by atoms with E-state index in [1.54, 1.807) is 6.07 Å². The predicted octanol–water partition coefficient (Wildman–Crippen LogP) is 4.62. The number of esters is 1. The van der Waals surface area contributed by atoms with E-state index in [9.17, 15) is 4.79 Å². The maximum atomic E-state index is 12.4. The molecule has 0 aliphatic carbocycles. The van der Waals surface area contributed by atoms with Crippen LogP contribution in [0.1, 0.15) is 22.8 Å². The summed E-state index contributed by atoms with van der Waals surface area (Å²) < 4.78 is 5.51. The summed E-state index contributed by atoms with van der Waals surface area (Å²) in [6.45, 7) is 2.08. The van der Waals surface area contributed by atoms with Crippen molar-refractivity contribution in [3.8, 4) is 5.75 Å². The van der Waals surface area contributed by atoms with Crippen LogP contribution in [-0.4, -0.2) is 5.97 Å². The van der Waals surface area contributed by atoms with Gasteiger partial charge in [-0.25, -0.2) is 4.79 Å². The van der Waals surface area contributed by atoms with Crippen LogP contribution in [0.4, 0.5) is 0 Å². The van der Waals surface area contributed by atoms with E-state index in [-0.39, 0.29) is 5.97 Å². The Labute approximate surface area is 124 Å². The zero-order chi connectivity index (χ0) is 14.7. The van der Waals surface area contributed by atoms with Crippen molar-refractivity contribution in [3.63, 3.8) is 0 Å². The second-order valence-electron chi connectivity index (χ2n) is 4.92. The smallest absolute Gasteiger partial charge is 0.344 e. The molecule has 0 N–H and O–H groups in total. The Morgan fingerprint density at radius 1 is 0.952 bits per heavy atom. The van der Waals surface area contributed by atoms with Crippen LogP contribution in [0.2, 0.25) is 0 Å². The van der Waals surface area contributed by atoms with Crippen LogP contribution in [-0.2, 0) is 6.42 Å². The second kappa shape index (κ2) is 5.80. The molecule has 3 rings (SSSR count). The molecule has 0 atom stereocenters. The average Bonchev–Trinajstić information content (AvgIpc) is 2.54. The second-order valence-corrected chi connectivity index (χ2v) is 4.92. The zero-order valence-corrected chi connectivity index (χ0v) is 11.9. The number of aryl methyl sites for hydroxylation is 1. The van der Waals surface area contributed by atoms with E-state index < -0.39 is 0 Å². The van der Waals surface area contributed by atoms with Crippen molar-refractivity contribution in [3.05, 3.63) is 77.9 Å². The van der Waals surface area contributed by atoms with E-state index in [2.05, 4.69) is 6.92 Å². The molecule has 0 amide bonds. The monoisotopic (exact) mass is 276 g/mol. The lowest BCUT2D eigenvalue weighted by atomic mass is 10.0. The first-order chi connectivity index (χ1) is 10.3. The summed E-state index contributed by atoms with van der Waals surface area (Å²) in [6, 6.07) is 21.1. The Morgan fingerprint density at radius 3 is 2.57 bits per heavy atom. The first-order valence-corrected chi connectivity index (χ1v) is 7.07. The van der Waals surface area contributed by atoms with E-state index >= 15 is 0 Å². The molecule has 0 radical (unpaired) electrons. The van der Waals surface area contributed by atoms with Gasteiger partial charge >= 0.3 is 5.97 Å². The van der Waals surface area contributed by atoms with E-state index in [0.29, 0.717) is 11.3 Å². The minimum Gasteiger partial charge on any atom is -0.423 e. The van der Waals surface area contributed by atoms with Gasteiger partial charge in [-0.05, 0) is 41.0 Å². The van der Waals surface area contributed by atoms with Crippen LogP contribution in [0.3, 0.4) is 0 Å².